The van der Waals surface area contributed by atoms with Gasteiger partial charge in [0.15, 0.2) is 5.69 Å². The number of aryl methyl sites for hydroxylation is 1. The second-order valence-electron chi connectivity index (χ2n) is 10.2. The van der Waals surface area contributed by atoms with Crippen molar-refractivity contribution in [1.29, 1.82) is 0 Å². The second-order valence-corrected chi connectivity index (χ2v) is 10.2. The molecule has 9 nitrogen and oxygen atoms in total. The van der Waals surface area contributed by atoms with Crippen molar-refractivity contribution in [2.75, 3.05) is 6.54 Å². The average molecular weight is 535 g/mol. The molecule has 0 radical (unpaired) electrons. The fraction of sp³-hybridized carbons (Fsp3) is 0.538. The molecular weight excluding hydrogens is 505 g/mol. The number of carbonyl (C=O) groups excluding carboxylic acids is 2. The maximum atomic E-state index is 13.5. The van der Waals surface area contributed by atoms with E-state index in [-0.39, 0.29) is 42.4 Å². The van der Waals surface area contributed by atoms with Crippen molar-refractivity contribution in [1.82, 2.24) is 19.6 Å². The minimum Gasteiger partial charge on any atom is -0.481 e. The number of carboxylic acid groups (broad SMARTS) is 1. The van der Waals surface area contributed by atoms with Crippen LogP contribution in [0.25, 0.3) is 0 Å². The number of ether oxygens (including phenoxy) is 1. The maximum Gasteiger partial charge on any atom is 0.416 e. The Hall–Kier alpha value is -3.57. The first-order chi connectivity index (χ1) is 18.1. The highest BCUT2D eigenvalue weighted by molar-refractivity contribution is 5.93. The minimum atomic E-state index is -4.48. The molecule has 12 heteroatoms. The van der Waals surface area contributed by atoms with Gasteiger partial charge in [0.1, 0.15) is 6.61 Å². The SMILES string of the molecule is O=C(O)C1CC2CCCC(C1)N2C(=O)c1cc2n(n1)CCCN(C(=O)OCc1cccc(C(F)(F)F)c1)C2. The first-order valence-corrected chi connectivity index (χ1v) is 12.8. The third-order valence-corrected chi connectivity index (χ3v) is 7.67. The Kier molecular flexibility index (Phi) is 7.06. The number of rotatable bonds is 4. The van der Waals surface area contributed by atoms with Gasteiger partial charge in [-0.05, 0) is 62.3 Å². The summed E-state index contributed by atoms with van der Waals surface area (Å²) in [5.41, 5.74) is 0.355. The Bertz CT molecular complexity index is 1220. The standard InChI is InChI=1S/C26H29F3N4O5/c27-26(28,29)18-5-1-4-16(10-18)15-38-25(37)31-8-3-9-32-21(14-31)13-22(30-32)23(34)33-19-6-2-7-20(33)12-17(11-19)24(35)36/h1,4-5,10,13,17,19-20H,2-3,6-9,11-12,14-15H2,(H,35,36). The zero-order valence-electron chi connectivity index (χ0n) is 20.7. The van der Waals surface area contributed by atoms with Crippen LogP contribution < -0.4 is 0 Å². The number of benzene rings is 1. The van der Waals surface area contributed by atoms with Gasteiger partial charge in [0.2, 0.25) is 0 Å². The molecule has 1 aromatic carbocycles. The predicted octanol–water partition coefficient (Wildman–Crippen LogP) is 4.30. The van der Waals surface area contributed by atoms with Gasteiger partial charge in [-0.15, -0.1) is 0 Å². The maximum absolute atomic E-state index is 13.5. The number of aliphatic carboxylic acids is 1. The number of hydrogen-bond donors (Lipinski definition) is 1. The van der Waals surface area contributed by atoms with Crippen LogP contribution in [-0.4, -0.2) is 61.3 Å². The van der Waals surface area contributed by atoms with Crippen LogP contribution in [0.3, 0.4) is 0 Å². The zero-order valence-corrected chi connectivity index (χ0v) is 20.7. The predicted molar refractivity (Wildman–Crippen MR) is 127 cm³/mol. The number of carboxylic acids is 1. The van der Waals surface area contributed by atoms with Crippen LogP contribution >= 0.6 is 0 Å². The summed E-state index contributed by atoms with van der Waals surface area (Å²) in [5.74, 6) is -1.48. The van der Waals surface area contributed by atoms with E-state index in [1.54, 1.807) is 10.7 Å². The highest BCUT2D eigenvalue weighted by Gasteiger charge is 2.44. The highest BCUT2D eigenvalue weighted by atomic mass is 19.4. The molecule has 2 unspecified atom stereocenters. The summed E-state index contributed by atoms with van der Waals surface area (Å²) in [6.45, 7) is 0.724. The van der Waals surface area contributed by atoms with Crippen molar-refractivity contribution in [3.63, 3.8) is 0 Å². The molecule has 0 saturated carbocycles. The van der Waals surface area contributed by atoms with Crippen LogP contribution in [0.4, 0.5) is 18.0 Å². The van der Waals surface area contributed by atoms with Crippen LogP contribution in [0.2, 0.25) is 0 Å². The van der Waals surface area contributed by atoms with Gasteiger partial charge in [0.05, 0.1) is 23.7 Å². The second kappa shape index (κ2) is 10.3. The lowest BCUT2D eigenvalue weighted by molar-refractivity contribution is -0.145. The largest absolute Gasteiger partial charge is 0.481 e. The van der Waals surface area contributed by atoms with Gasteiger partial charge in [-0.3, -0.25) is 14.3 Å². The van der Waals surface area contributed by atoms with E-state index in [0.29, 0.717) is 38.0 Å². The Balaban J connectivity index is 1.25. The number of nitrogens with zero attached hydrogens (tertiary/aromatic N) is 4. The molecule has 0 aliphatic carbocycles. The zero-order chi connectivity index (χ0) is 27.0. The van der Waals surface area contributed by atoms with Crippen molar-refractivity contribution in [2.45, 2.75) is 76.5 Å². The van der Waals surface area contributed by atoms with Crippen LogP contribution in [0.1, 0.15) is 65.8 Å². The van der Waals surface area contributed by atoms with Crippen molar-refractivity contribution >= 4 is 18.0 Å². The van der Waals surface area contributed by atoms with Gasteiger partial charge in [-0.25, -0.2) is 4.79 Å². The van der Waals surface area contributed by atoms with Gasteiger partial charge in [-0.1, -0.05) is 12.1 Å². The van der Waals surface area contributed by atoms with Gasteiger partial charge < -0.3 is 19.6 Å². The molecule has 38 heavy (non-hydrogen) atoms. The molecule has 2 aromatic rings. The van der Waals surface area contributed by atoms with Gasteiger partial charge in [0.25, 0.3) is 5.91 Å². The fourth-order valence-corrected chi connectivity index (χ4v) is 5.84. The van der Waals surface area contributed by atoms with Crippen molar-refractivity contribution in [3.8, 4) is 0 Å². The number of alkyl halides is 3. The Morgan fingerprint density at radius 1 is 1.05 bits per heavy atom. The summed E-state index contributed by atoms with van der Waals surface area (Å²) in [4.78, 5) is 41.1. The molecule has 3 aliphatic rings. The van der Waals surface area contributed by atoms with E-state index in [2.05, 4.69) is 5.10 Å². The first-order valence-electron chi connectivity index (χ1n) is 12.8. The van der Waals surface area contributed by atoms with Gasteiger partial charge in [-0.2, -0.15) is 18.3 Å². The number of fused-ring (bicyclic) bond motifs is 3. The lowest BCUT2D eigenvalue weighted by Crippen LogP contribution is -2.55. The molecule has 2 fully saturated rings. The van der Waals surface area contributed by atoms with Crippen molar-refractivity contribution in [3.05, 3.63) is 52.8 Å². The van der Waals surface area contributed by atoms with Crippen LogP contribution in [0, 0.1) is 5.92 Å². The van der Waals surface area contributed by atoms with E-state index >= 15 is 0 Å². The molecule has 2 saturated heterocycles. The summed E-state index contributed by atoms with van der Waals surface area (Å²) in [6, 6.07) is 6.07. The summed E-state index contributed by atoms with van der Waals surface area (Å²) < 4.78 is 45.9. The lowest BCUT2D eigenvalue weighted by atomic mass is 9.78. The third kappa shape index (κ3) is 5.34. The van der Waals surface area contributed by atoms with E-state index in [9.17, 15) is 32.7 Å². The Labute approximate surface area is 217 Å². The lowest BCUT2D eigenvalue weighted by Gasteiger charge is -2.47. The molecule has 2 atom stereocenters. The van der Waals surface area contributed by atoms with Crippen LogP contribution in [0.5, 0.6) is 0 Å². The van der Waals surface area contributed by atoms with Gasteiger partial charge >= 0.3 is 18.2 Å². The average Bonchev–Trinajstić information content (AvgIpc) is 3.16. The quantitative estimate of drug-likeness (QED) is 0.627. The number of hydrogen-bond acceptors (Lipinski definition) is 5. The van der Waals surface area contributed by atoms with E-state index < -0.39 is 29.7 Å². The topological polar surface area (TPSA) is 105 Å². The number of aromatic nitrogens is 2. The normalized spacial score (nSPS) is 23.4. The summed E-state index contributed by atoms with van der Waals surface area (Å²) in [5, 5.41) is 14.0. The Morgan fingerprint density at radius 3 is 2.47 bits per heavy atom. The van der Waals surface area contributed by atoms with E-state index in [1.165, 1.54) is 17.0 Å². The minimum absolute atomic E-state index is 0.125. The Morgan fingerprint density at radius 2 is 1.79 bits per heavy atom. The first kappa shape index (κ1) is 26.1. The monoisotopic (exact) mass is 534 g/mol. The van der Waals surface area contributed by atoms with Gasteiger partial charge in [0, 0.05) is 25.2 Å². The molecular formula is C26H29F3N4O5. The summed E-state index contributed by atoms with van der Waals surface area (Å²) >= 11 is 0. The number of amides is 2. The van der Waals surface area contributed by atoms with E-state index in [4.69, 9.17) is 4.74 Å². The fourth-order valence-electron chi connectivity index (χ4n) is 5.84. The highest BCUT2D eigenvalue weighted by Crippen LogP contribution is 2.38. The van der Waals surface area contributed by atoms with Crippen LogP contribution in [-0.2, 0) is 35.4 Å². The number of piperidine rings is 2. The molecule has 2 amide bonds. The molecule has 5 rings (SSSR count). The molecule has 3 aliphatic heterocycles. The van der Waals surface area contributed by atoms with Crippen molar-refractivity contribution in [2.24, 2.45) is 5.92 Å². The molecule has 4 heterocycles. The smallest absolute Gasteiger partial charge is 0.416 e. The van der Waals surface area contributed by atoms with Crippen LogP contribution in [0.15, 0.2) is 30.3 Å². The molecule has 0 spiro atoms. The van der Waals surface area contributed by atoms with E-state index in [0.717, 1.165) is 31.4 Å². The summed E-state index contributed by atoms with van der Waals surface area (Å²) in [6.07, 6.45) is -1.19. The summed E-state index contributed by atoms with van der Waals surface area (Å²) in [7, 11) is 0. The molecule has 1 N–H and O–H groups in total. The third-order valence-electron chi connectivity index (χ3n) is 7.67. The molecule has 1 aromatic heterocycles. The number of halogens is 3. The number of carbonyl (C=O) groups is 3. The van der Waals surface area contributed by atoms with Crippen molar-refractivity contribution < 1.29 is 37.4 Å². The molecule has 204 valence electrons. The van der Waals surface area contributed by atoms with E-state index in [1.807, 2.05) is 4.90 Å². The molecule has 2 bridgehead atoms.